The fraction of sp³-hybridized carbons (Fsp3) is 0.375. The second-order valence-electron chi connectivity index (χ2n) is 8.42. The predicted molar refractivity (Wildman–Crippen MR) is 118 cm³/mol. The van der Waals surface area contributed by atoms with Crippen LogP contribution in [0.4, 0.5) is 10.5 Å². The van der Waals surface area contributed by atoms with Crippen molar-refractivity contribution in [3.05, 3.63) is 64.7 Å². The van der Waals surface area contributed by atoms with E-state index in [4.69, 9.17) is 5.26 Å². The van der Waals surface area contributed by atoms with Crippen molar-refractivity contribution in [1.82, 2.24) is 15.1 Å². The van der Waals surface area contributed by atoms with Gasteiger partial charge in [-0.1, -0.05) is 6.07 Å². The molecule has 31 heavy (non-hydrogen) atoms. The number of nitriles is 1. The SMILES string of the molecule is CN1CCC(CNC(=O)c2ccc(NC(=O)N3Cc4ccc(C#N)cc4C3)cc2)CC1. The van der Waals surface area contributed by atoms with Gasteiger partial charge in [0.15, 0.2) is 0 Å². The smallest absolute Gasteiger partial charge is 0.322 e. The van der Waals surface area contributed by atoms with Crippen molar-refractivity contribution in [2.75, 3.05) is 32.0 Å². The predicted octanol–water partition coefficient (Wildman–Crippen LogP) is 3.18. The number of rotatable bonds is 4. The Morgan fingerprint density at radius 1 is 1.06 bits per heavy atom. The molecule has 0 atom stereocenters. The van der Waals surface area contributed by atoms with Crippen molar-refractivity contribution in [2.24, 2.45) is 5.92 Å². The van der Waals surface area contributed by atoms with E-state index in [1.54, 1.807) is 35.2 Å². The molecule has 7 nitrogen and oxygen atoms in total. The molecule has 7 heteroatoms. The van der Waals surface area contributed by atoms with Crippen LogP contribution >= 0.6 is 0 Å². The van der Waals surface area contributed by atoms with Crippen LogP contribution in [0.15, 0.2) is 42.5 Å². The van der Waals surface area contributed by atoms with Gasteiger partial charge in [-0.15, -0.1) is 0 Å². The Bertz CT molecular complexity index is 1000. The second kappa shape index (κ2) is 9.19. The zero-order valence-corrected chi connectivity index (χ0v) is 17.7. The zero-order chi connectivity index (χ0) is 21.8. The molecule has 0 saturated carbocycles. The lowest BCUT2D eigenvalue weighted by atomic mass is 9.97. The van der Waals surface area contributed by atoms with Crippen LogP contribution in [0.1, 0.15) is 39.9 Å². The first kappa shape index (κ1) is 20.9. The summed E-state index contributed by atoms with van der Waals surface area (Å²) in [6.45, 7) is 3.86. The normalized spacial score (nSPS) is 16.5. The minimum Gasteiger partial charge on any atom is -0.352 e. The van der Waals surface area contributed by atoms with E-state index < -0.39 is 0 Å². The molecular weight excluding hydrogens is 390 g/mol. The third-order valence-electron chi connectivity index (χ3n) is 6.13. The Kier molecular flexibility index (Phi) is 6.19. The van der Waals surface area contributed by atoms with E-state index in [2.05, 4.69) is 28.7 Å². The van der Waals surface area contributed by atoms with E-state index in [1.165, 1.54) is 0 Å². The molecule has 2 aliphatic rings. The highest BCUT2D eigenvalue weighted by Crippen LogP contribution is 2.24. The number of benzene rings is 2. The summed E-state index contributed by atoms with van der Waals surface area (Å²) in [6, 6.07) is 14.4. The summed E-state index contributed by atoms with van der Waals surface area (Å²) < 4.78 is 0. The first-order valence-electron chi connectivity index (χ1n) is 10.7. The summed E-state index contributed by atoms with van der Waals surface area (Å²) >= 11 is 0. The monoisotopic (exact) mass is 417 g/mol. The number of hydrogen-bond donors (Lipinski definition) is 2. The molecule has 4 rings (SSSR count). The minimum absolute atomic E-state index is 0.0832. The molecule has 0 bridgehead atoms. The van der Waals surface area contributed by atoms with Gasteiger partial charge in [-0.25, -0.2) is 4.79 Å². The second-order valence-corrected chi connectivity index (χ2v) is 8.42. The molecule has 160 valence electrons. The molecular formula is C24H27N5O2. The van der Waals surface area contributed by atoms with E-state index >= 15 is 0 Å². The summed E-state index contributed by atoms with van der Waals surface area (Å²) in [4.78, 5) is 29.1. The van der Waals surface area contributed by atoms with Crippen LogP contribution in [0.5, 0.6) is 0 Å². The Morgan fingerprint density at radius 3 is 2.48 bits per heavy atom. The Hall–Kier alpha value is -3.37. The zero-order valence-electron chi connectivity index (χ0n) is 17.7. The van der Waals surface area contributed by atoms with Gasteiger partial charge < -0.3 is 20.4 Å². The lowest BCUT2D eigenvalue weighted by Gasteiger charge is -2.28. The van der Waals surface area contributed by atoms with Crippen molar-refractivity contribution in [1.29, 1.82) is 5.26 Å². The van der Waals surface area contributed by atoms with E-state index in [0.29, 0.717) is 42.4 Å². The molecule has 0 aromatic heterocycles. The number of likely N-dealkylation sites (tertiary alicyclic amines) is 1. The number of anilines is 1. The molecule has 2 N–H and O–H groups in total. The van der Waals surface area contributed by atoms with Gasteiger partial charge in [0.25, 0.3) is 5.91 Å². The molecule has 1 saturated heterocycles. The van der Waals surface area contributed by atoms with Gasteiger partial charge in [0.05, 0.1) is 11.6 Å². The largest absolute Gasteiger partial charge is 0.352 e. The number of carbonyl (C=O) groups excluding carboxylic acids is 2. The number of nitrogens with zero attached hydrogens (tertiary/aromatic N) is 3. The number of amides is 3. The first-order valence-corrected chi connectivity index (χ1v) is 10.7. The van der Waals surface area contributed by atoms with Gasteiger partial charge in [0, 0.05) is 30.9 Å². The highest BCUT2D eigenvalue weighted by molar-refractivity contribution is 5.95. The lowest BCUT2D eigenvalue weighted by Crippen LogP contribution is -2.36. The number of hydrogen-bond acceptors (Lipinski definition) is 4. The molecule has 2 heterocycles. The third kappa shape index (κ3) is 5.04. The number of carbonyl (C=O) groups is 2. The summed E-state index contributed by atoms with van der Waals surface area (Å²) in [5.74, 6) is 0.452. The van der Waals surface area contributed by atoms with Crippen LogP contribution in [0.25, 0.3) is 0 Å². The first-order chi connectivity index (χ1) is 15.0. The van der Waals surface area contributed by atoms with Gasteiger partial charge in [0.2, 0.25) is 0 Å². The quantitative estimate of drug-likeness (QED) is 0.800. The van der Waals surface area contributed by atoms with Crippen molar-refractivity contribution in [3.8, 4) is 6.07 Å². The molecule has 3 amide bonds. The van der Waals surface area contributed by atoms with Crippen LogP contribution < -0.4 is 10.6 Å². The van der Waals surface area contributed by atoms with Crippen molar-refractivity contribution in [2.45, 2.75) is 25.9 Å². The summed E-state index contributed by atoms with van der Waals surface area (Å²) in [5.41, 5.74) is 3.90. The lowest BCUT2D eigenvalue weighted by molar-refractivity contribution is 0.0939. The van der Waals surface area contributed by atoms with Gasteiger partial charge in [0.1, 0.15) is 0 Å². The minimum atomic E-state index is -0.200. The average molecular weight is 418 g/mol. The van der Waals surface area contributed by atoms with Crippen LogP contribution in [0.2, 0.25) is 0 Å². The standard InChI is InChI=1S/C24H27N5O2/c1-28-10-8-17(9-11-28)14-26-23(30)19-4-6-22(7-5-19)27-24(31)29-15-20-3-2-18(13-25)12-21(20)16-29/h2-7,12,17H,8-11,14-16H2,1H3,(H,26,30)(H,27,31). The van der Waals surface area contributed by atoms with Crippen LogP contribution in [0, 0.1) is 17.2 Å². The molecule has 2 aliphatic heterocycles. The Morgan fingerprint density at radius 2 is 1.77 bits per heavy atom. The molecule has 2 aromatic rings. The summed E-state index contributed by atoms with van der Waals surface area (Å²) in [5, 5.41) is 15.0. The maximum absolute atomic E-state index is 12.6. The van der Waals surface area contributed by atoms with Gasteiger partial charge in [-0.05, 0) is 86.4 Å². The van der Waals surface area contributed by atoms with Crippen LogP contribution in [-0.2, 0) is 13.1 Å². The molecule has 0 spiro atoms. The number of nitrogens with one attached hydrogen (secondary N) is 2. The third-order valence-corrected chi connectivity index (χ3v) is 6.13. The van der Waals surface area contributed by atoms with Gasteiger partial charge in [-0.2, -0.15) is 5.26 Å². The Balaban J connectivity index is 1.28. The average Bonchev–Trinajstić information content (AvgIpc) is 3.22. The molecule has 2 aromatic carbocycles. The molecule has 0 radical (unpaired) electrons. The highest BCUT2D eigenvalue weighted by Gasteiger charge is 2.24. The molecule has 0 unspecified atom stereocenters. The fourth-order valence-electron chi connectivity index (χ4n) is 4.12. The number of piperidine rings is 1. The maximum atomic E-state index is 12.6. The fourth-order valence-corrected chi connectivity index (χ4v) is 4.12. The van der Waals surface area contributed by atoms with E-state index in [0.717, 1.165) is 37.1 Å². The van der Waals surface area contributed by atoms with Gasteiger partial charge in [-0.3, -0.25) is 4.79 Å². The summed E-state index contributed by atoms with van der Waals surface area (Å²) in [7, 11) is 2.13. The van der Waals surface area contributed by atoms with E-state index in [1.807, 2.05) is 12.1 Å². The maximum Gasteiger partial charge on any atom is 0.322 e. The van der Waals surface area contributed by atoms with Gasteiger partial charge >= 0.3 is 6.03 Å². The van der Waals surface area contributed by atoms with Crippen molar-refractivity contribution < 1.29 is 9.59 Å². The van der Waals surface area contributed by atoms with Crippen LogP contribution in [0.3, 0.4) is 0 Å². The van der Waals surface area contributed by atoms with Crippen molar-refractivity contribution >= 4 is 17.6 Å². The Labute approximate surface area is 182 Å². The highest BCUT2D eigenvalue weighted by atomic mass is 16.2. The van der Waals surface area contributed by atoms with E-state index in [9.17, 15) is 9.59 Å². The molecule has 1 fully saturated rings. The van der Waals surface area contributed by atoms with Crippen molar-refractivity contribution in [3.63, 3.8) is 0 Å². The van der Waals surface area contributed by atoms with Crippen LogP contribution in [-0.4, -0.2) is 48.4 Å². The number of urea groups is 1. The topological polar surface area (TPSA) is 88.5 Å². The van der Waals surface area contributed by atoms with E-state index in [-0.39, 0.29) is 11.9 Å². The number of fused-ring (bicyclic) bond motifs is 1. The summed E-state index contributed by atoms with van der Waals surface area (Å²) in [6.07, 6.45) is 2.22. The molecule has 0 aliphatic carbocycles.